The Morgan fingerprint density at radius 2 is 1.96 bits per heavy atom. The quantitative estimate of drug-likeness (QED) is 0.780. The summed E-state index contributed by atoms with van der Waals surface area (Å²) in [5, 5.41) is 2.93. The SMILES string of the molecule is CC(C)NC(=O)C1CCN(C(=O)CN(C)C(=O)c2ccc(Br)s2)CC1. The highest BCUT2D eigenvalue weighted by atomic mass is 79.9. The third-order valence-corrected chi connectivity index (χ3v) is 5.76. The Bertz CT molecular complexity index is 639. The lowest BCUT2D eigenvalue weighted by molar-refractivity contribution is -0.136. The monoisotopic (exact) mass is 429 g/mol. The fourth-order valence-corrected chi connectivity index (χ4v) is 4.17. The predicted molar refractivity (Wildman–Crippen MR) is 102 cm³/mol. The van der Waals surface area contributed by atoms with E-state index in [4.69, 9.17) is 0 Å². The van der Waals surface area contributed by atoms with Crippen LogP contribution in [0.5, 0.6) is 0 Å². The molecule has 8 heteroatoms. The maximum Gasteiger partial charge on any atom is 0.264 e. The van der Waals surface area contributed by atoms with E-state index in [0.29, 0.717) is 30.8 Å². The van der Waals surface area contributed by atoms with Crippen LogP contribution in [-0.4, -0.2) is 60.2 Å². The smallest absolute Gasteiger partial charge is 0.264 e. The first-order chi connectivity index (χ1) is 11.8. The van der Waals surface area contributed by atoms with Crippen molar-refractivity contribution < 1.29 is 14.4 Å². The van der Waals surface area contributed by atoms with Crippen molar-refractivity contribution in [2.45, 2.75) is 32.7 Å². The first kappa shape index (κ1) is 19.9. The molecule has 138 valence electrons. The molecule has 2 heterocycles. The Morgan fingerprint density at radius 3 is 2.48 bits per heavy atom. The van der Waals surface area contributed by atoms with Crippen molar-refractivity contribution in [3.05, 3.63) is 20.8 Å². The summed E-state index contributed by atoms with van der Waals surface area (Å²) in [6.07, 6.45) is 1.33. The maximum atomic E-state index is 12.4. The summed E-state index contributed by atoms with van der Waals surface area (Å²) in [6.45, 7) is 5.05. The van der Waals surface area contributed by atoms with Crippen molar-refractivity contribution in [1.29, 1.82) is 0 Å². The minimum atomic E-state index is -0.157. The van der Waals surface area contributed by atoms with E-state index < -0.39 is 0 Å². The standard InChI is InChI=1S/C17H24BrN3O3S/c1-11(2)19-16(23)12-6-8-21(9-7-12)15(22)10-20(3)17(24)13-4-5-14(18)25-13/h4-5,11-12H,6-10H2,1-3H3,(H,19,23). The molecule has 1 fully saturated rings. The van der Waals surface area contributed by atoms with Gasteiger partial charge < -0.3 is 15.1 Å². The number of thiophene rings is 1. The predicted octanol–water partition coefficient (Wildman–Crippen LogP) is 2.35. The van der Waals surface area contributed by atoms with Gasteiger partial charge in [-0.1, -0.05) is 0 Å². The molecule has 1 saturated heterocycles. The lowest BCUT2D eigenvalue weighted by Crippen LogP contribution is -2.47. The van der Waals surface area contributed by atoms with Gasteiger partial charge in [0, 0.05) is 32.1 Å². The van der Waals surface area contributed by atoms with Gasteiger partial charge in [-0.05, 0) is 54.8 Å². The van der Waals surface area contributed by atoms with Gasteiger partial charge in [-0.25, -0.2) is 0 Å². The van der Waals surface area contributed by atoms with Crippen LogP contribution in [-0.2, 0) is 9.59 Å². The molecule has 0 radical (unpaired) electrons. The number of nitrogens with one attached hydrogen (secondary N) is 1. The largest absolute Gasteiger partial charge is 0.354 e. The van der Waals surface area contributed by atoms with Crippen molar-refractivity contribution in [1.82, 2.24) is 15.1 Å². The summed E-state index contributed by atoms with van der Waals surface area (Å²) >= 11 is 4.69. The molecule has 3 amide bonds. The molecule has 1 aliphatic heterocycles. The van der Waals surface area contributed by atoms with E-state index in [0.717, 1.165) is 3.79 Å². The van der Waals surface area contributed by atoms with E-state index in [9.17, 15) is 14.4 Å². The molecule has 2 rings (SSSR count). The van der Waals surface area contributed by atoms with Gasteiger partial charge in [0.1, 0.15) is 0 Å². The molecule has 1 aliphatic rings. The minimum absolute atomic E-state index is 0.0331. The number of amides is 3. The lowest BCUT2D eigenvalue weighted by atomic mass is 9.95. The fraction of sp³-hybridized carbons (Fsp3) is 0.588. The number of piperidine rings is 1. The number of carbonyl (C=O) groups is 3. The van der Waals surface area contributed by atoms with E-state index in [1.807, 2.05) is 19.9 Å². The van der Waals surface area contributed by atoms with Crippen LogP contribution in [0.3, 0.4) is 0 Å². The molecule has 0 spiro atoms. The first-order valence-corrected chi connectivity index (χ1v) is 9.97. The number of likely N-dealkylation sites (tertiary alicyclic amines) is 1. The average molecular weight is 430 g/mol. The number of likely N-dealkylation sites (N-methyl/N-ethyl adjacent to an activating group) is 1. The molecule has 0 saturated carbocycles. The van der Waals surface area contributed by atoms with Crippen molar-refractivity contribution in [3.63, 3.8) is 0 Å². The van der Waals surface area contributed by atoms with Crippen molar-refractivity contribution >= 4 is 45.0 Å². The highest BCUT2D eigenvalue weighted by molar-refractivity contribution is 9.11. The Labute approximate surface area is 160 Å². The van der Waals surface area contributed by atoms with E-state index >= 15 is 0 Å². The molecule has 0 aromatic carbocycles. The number of rotatable bonds is 5. The summed E-state index contributed by atoms with van der Waals surface area (Å²) in [5.74, 6) is -0.198. The summed E-state index contributed by atoms with van der Waals surface area (Å²) in [4.78, 5) is 40.6. The molecule has 0 bridgehead atoms. The molecule has 1 N–H and O–H groups in total. The van der Waals surface area contributed by atoms with Crippen LogP contribution in [0, 0.1) is 5.92 Å². The topological polar surface area (TPSA) is 69.7 Å². The van der Waals surface area contributed by atoms with Gasteiger partial charge >= 0.3 is 0 Å². The second-order valence-corrected chi connectivity index (χ2v) is 9.05. The Morgan fingerprint density at radius 1 is 1.32 bits per heavy atom. The zero-order valence-corrected chi connectivity index (χ0v) is 17.2. The zero-order valence-electron chi connectivity index (χ0n) is 14.8. The first-order valence-electron chi connectivity index (χ1n) is 8.37. The van der Waals surface area contributed by atoms with Gasteiger partial charge in [0.05, 0.1) is 15.2 Å². The molecule has 0 aliphatic carbocycles. The molecular formula is C17H24BrN3O3S. The fourth-order valence-electron chi connectivity index (χ4n) is 2.79. The van der Waals surface area contributed by atoms with Gasteiger partial charge in [-0.3, -0.25) is 14.4 Å². The van der Waals surface area contributed by atoms with E-state index in [1.54, 1.807) is 18.0 Å². The summed E-state index contributed by atoms with van der Waals surface area (Å²) in [5.41, 5.74) is 0. The third-order valence-electron chi connectivity index (χ3n) is 4.15. The Balaban J connectivity index is 1.82. The maximum absolute atomic E-state index is 12.4. The van der Waals surface area contributed by atoms with Crippen molar-refractivity contribution in [3.8, 4) is 0 Å². The van der Waals surface area contributed by atoms with Crippen LogP contribution in [0.1, 0.15) is 36.4 Å². The Kier molecular flexibility index (Phi) is 7.01. The van der Waals surface area contributed by atoms with Crippen LogP contribution in [0.4, 0.5) is 0 Å². The summed E-state index contributed by atoms with van der Waals surface area (Å²) in [7, 11) is 1.64. The average Bonchev–Trinajstić information content (AvgIpc) is 3.00. The number of hydrogen-bond donors (Lipinski definition) is 1. The van der Waals surface area contributed by atoms with Crippen LogP contribution in [0.2, 0.25) is 0 Å². The van der Waals surface area contributed by atoms with E-state index in [1.165, 1.54) is 16.2 Å². The number of hydrogen-bond acceptors (Lipinski definition) is 4. The molecular weight excluding hydrogens is 406 g/mol. The third kappa shape index (κ3) is 5.54. The molecule has 6 nitrogen and oxygen atoms in total. The Hall–Kier alpha value is -1.41. The van der Waals surface area contributed by atoms with Crippen LogP contribution in [0.25, 0.3) is 0 Å². The highest BCUT2D eigenvalue weighted by Gasteiger charge is 2.28. The minimum Gasteiger partial charge on any atom is -0.354 e. The molecule has 25 heavy (non-hydrogen) atoms. The molecule has 1 aromatic rings. The summed E-state index contributed by atoms with van der Waals surface area (Å²) in [6, 6.07) is 3.70. The number of nitrogens with zero attached hydrogens (tertiary/aromatic N) is 2. The van der Waals surface area contributed by atoms with E-state index in [-0.39, 0.29) is 36.2 Å². The van der Waals surface area contributed by atoms with Gasteiger partial charge in [-0.15, -0.1) is 11.3 Å². The summed E-state index contributed by atoms with van der Waals surface area (Å²) < 4.78 is 0.886. The van der Waals surface area contributed by atoms with E-state index in [2.05, 4.69) is 21.2 Å². The lowest BCUT2D eigenvalue weighted by Gasteiger charge is -2.32. The second-order valence-electron chi connectivity index (χ2n) is 6.58. The highest BCUT2D eigenvalue weighted by Crippen LogP contribution is 2.23. The van der Waals surface area contributed by atoms with Gasteiger partial charge in [0.2, 0.25) is 11.8 Å². The number of halogens is 1. The van der Waals surface area contributed by atoms with Gasteiger partial charge in [-0.2, -0.15) is 0 Å². The second kappa shape index (κ2) is 8.80. The van der Waals surface area contributed by atoms with Crippen LogP contribution < -0.4 is 5.32 Å². The normalized spacial score (nSPS) is 15.3. The van der Waals surface area contributed by atoms with Gasteiger partial charge in [0.25, 0.3) is 5.91 Å². The molecule has 0 atom stereocenters. The molecule has 0 unspecified atom stereocenters. The zero-order chi connectivity index (χ0) is 18.6. The number of carbonyl (C=O) groups excluding carboxylic acids is 3. The van der Waals surface area contributed by atoms with Crippen LogP contribution >= 0.6 is 27.3 Å². The van der Waals surface area contributed by atoms with Crippen LogP contribution in [0.15, 0.2) is 15.9 Å². The van der Waals surface area contributed by atoms with Gasteiger partial charge in [0.15, 0.2) is 0 Å². The van der Waals surface area contributed by atoms with Crippen molar-refractivity contribution in [2.75, 3.05) is 26.7 Å². The molecule has 1 aromatic heterocycles. The van der Waals surface area contributed by atoms with Crippen molar-refractivity contribution in [2.24, 2.45) is 5.92 Å².